The second kappa shape index (κ2) is 9.21. The predicted octanol–water partition coefficient (Wildman–Crippen LogP) is 4.87. The van der Waals surface area contributed by atoms with Crippen molar-refractivity contribution in [2.75, 3.05) is 31.6 Å². The van der Waals surface area contributed by atoms with Gasteiger partial charge in [0.15, 0.2) is 17.3 Å². The number of morpholine rings is 1. The molecule has 7 rings (SSSR count). The van der Waals surface area contributed by atoms with Crippen LogP contribution in [0.15, 0.2) is 78.0 Å². The number of carbonyl (C=O) groups is 1. The van der Waals surface area contributed by atoms with Crippen LogP contribution in [0.25, 0.3) is 27.4 Å². The molecule has 194 valence electrons. The highest BCUT2D eigenvalue weighted by atomic mass is 19.1. The fourth-order valence-corrected chi connectivity index (χ4v) is 5.32. The maximum Gasteiger partial charge on any atom is 0.259 e. The van der Waals surface area contributed by atoms with Crippen LogP contribution in [0.5, 0.6) is 11.5 Å². The first-order valence-electron chi connectivity index (χ1n) is 12.7. The summed E-state index contributed by atoms with van der Waals surface area (Å²) in [5, 5.41) is 5.06. The minimum absolute atomic E-state index is 0.0217. The van der Waals surface area contributed by atoms with Gasteiger partial charge < -0.3 is 24.3 Å². The van der Waals surface area contributed by atoms with Gasteiger partial charge in [0.2, 0.25) is 5.43 Å². The van der Waals surface area contributed by atoms with Gasteiger partial charge in [-0.15, -0.1) is 0 Å². The summed E-state index contributed by atoms with van der Waals surface area (Å²) in [5.74, 6) is -0.363. The highest BCUT2D eigenvalue weighted by Crippen LogP contribution is 2.47. The average molecular weight is 523 g/mol. The molecule has 0 radical (unpaired) electrons. The van der Waals surface area contributed by atoms with Gasteiger partial charge in [-0.25, -0.2) is 4.39 Å². The Hall–Kier alpha value is -4.76. The van der Waals surface area contributed by atoms with Gasteiger partial charge in [-0.2, -0.15) is 0 Å². The monoisotopic (exact) mass is 522 g/mol. The minimum Gasteiger partial charge on any atom is -0.451 e. The van der Waals surface area contributed by atoms with Crippen molar-refractivity contribution in [1.29, 1.82) is 0 Å². The van der Waals surface area contributed by atoms with Crippen LogP contribution in [-0.2, 0) is 11.3 Å². The van der Waals surface area contributed by atoms with Gasteiger partial charge in [-0.05, 0) is 29.1 Å². The van der Waals surface area contributed by atoms with Crippen molar-refractivity contribution in [3.63, 3.8) is 0 Å². The number of halogens is 1. The molecule has 3 aromatic carbocycles. The Morgan fingerprint density at radius 2 is 1.90 bits per heavy atom. The number of hydrogen-bond acceptors (Lipinski definition) is 6. The third-order valence-electron chi connectivity index (χ3n) is 7.23. The summed E-state index contributed by atoms with van der Waals surface area (Å²) in [5.41, 5.74) is 1.51. The standard InChI is InChI=1S/C30H23FN4O4/c31-23-14-21-27-29(25(23)33-16-18-4-3-9-32-15-18)39-24-8-7-19-5-1-2-6-20(19)26(24)35(27)17-22(28(21)36)30(37)34-10-12-38-13-11-34/h1-9,14-15,17,33H,10-13,16H2. The Kier molecular flexibility index (Phi) is 5.52. The molecule has 8 nitrogen and oxygen atoms in total. The lowest BCUT2D eigenvalue weighted by atomic mass is 10.0. The van der Waals surface area contributed by atoms with E-state index in [-0.39, 0.29) is 22.4 Å². The summed E-state index contributed by atoms with van der Waals surface area (Å²) in [6.07, 6.45) is 4.94. The second-order valence-corrected chi connectivity index (χ2v) is 9.56. The number of anilines is 1. The summed E-state index contributed by atoms with van der Waals surface area (Å²) in [4.78, 5) is 33.0. The number of aromatic nitrogens is 2. The van der Waals surface area contributed by atoms with Crippen LogP contribution in [-0.4, -0.2) is 46.7 Å². The van der Waals surface area contributed by atoms with E-state index in [4.69, 9.17) is 9.47 Å². The minimum atomic E-state index is -0.648. The fourth-order valence-electron chi connectivity index (χ4n) is 5.32. The van der Waals surface area contributed by atoms with E-state index in [0.29, 0.717) is 49.8 Å². The van der Waals surface area contributed by atoms with Crippen molar-refractivity contribution >= 4 is 33.3 Å². The number of fused-ring (bicyclic) bond motifs is 4. The number of benzene rings is 3. The van der Waals surface area contributed by atoms with Crippen LogP contribution in [0, 0.1) is 5.82 Å². The smallest absolute Gasteiger partial charge is 0.259 e. The number of hydrogen-bond donors (Lipinski definition) is 1. The van der Waals surface area contributed by atoms with Crippen LogP contribution < -0.4 is 15.5 Å². The molecule has 4 heterocycles. The molecule has 1 fully saturated rings. The zero-order valence-electron chi connectivity index (χ0n) is 20.8. The van der Waals surface area contributed by atoms with Gasteiger partial charge in [0.05, 0.1) is 24.3 Å². The number of rotatable bonds is 4. The van der Waals surface area contributed by atoms with Crippen molar-refractivity contribution in [1.82, 2.24) is 14.5 Å². The van der Waals surface area contributed by atoms with Gasteiger partial charge in [0.1, 0.15) is 16.8 Å². The van der Waals surface area contributed by atoms with Gasteiger partial charge in [0.25, 0.3) is 5.91 Å². The molecule has 39 heavy (non-hydrogen) atoms. The summed E-state index contributed by atoms with van der Waals surface area (Å²) in [6, 6.07) is 16.4. The molecule has 0 saturated carbocycles. The zero-order chi connectivity index (χ0) is 26.5. The largest absolute Gasteiger partial charge is 0.451 e. The highest BCUT2D eigenvalue weighted by molar-refractivity contribution is 6.04. The second-order valence-electron chi connectivity index (χ2n) is 9.56. The van der Waals surface area contributed by atoms with Crippen LogP contribution in [0.3, 0.4) is 0 Å². The lowest BCUT2D eigenvalue weighted by Gasteiger charge is -2.29. The number of amides is 1. The quantitative estimate of drug-likeness (QED) is 0.356. The van der Waals surface area contributed by atoms with Crippen LogP contribution >= 0.6 is 0 Å². The molecule has 0 aliphatic carbocycles. The third kappa shape index (κ3) is 3.81. The first-order chi connectivity index (χ1) is 19.1. The number of carbonyl (C=O) groups excluding carboxylic acids is 1. The molecule has 1 saturated heterocycles. The molecule has 2 aliphatic rings. The van der Waals surface area contributed by atoms with E-state index < -0.39 is 17.2 Å². The van der Waals surface area contributed by atoms with Gasteiger partial charge in [-0.3, -0.25) is 14.6 Å². The Morgan fingerprint density at radius 1 is 1.05 bits per heavy atom. The lowest BCUT2D eigenvalue weighted by molar-refractivity contribution is 0.0302. The van der Waals surface area contributed by atoms with E-state index in [1.165, 1.54) is 6.07 Å². The fraction of sp³-hybridized carbons (Fsp3) is 0.167. The Labute approximate surface area is 222 Å². The van der Waals surface area contributed by atoms with Gasteiger partial charge >= 0.3 is 0 Å². The predicted molar refractivity (Wildman–Crippen MR) is 145 cm³/mol. The number of nitrogens with zero attached hydrogens (tertiary/aromatic N) is 3. The lowest BCUT2D eigenvalue weighted by Crippen LogP contribution is -2.42. The van der Waals surface area contributed by atoms with Crippen molar-refractivity contribution in [3.8, 4) is 17.2 Å². The van der Waals surface area contributed by atoms with E-state index in [1.54, 1.807) is 34.1 Å². The van der Waals surface area contributed by atoms with Crippen molar-refractivity contribution in [2.24, 2.45) is 0 Å². The summed E-state index contributed by atoms with van der Waals surface area (Å²) >= 11 is 0. The summed E-state index contributed by atoms with van der Waals surface area (Å²) in [7, 11) is 0. The molecule has 0 unspecified atom stereocenters. The van der Waals surface area contributed by atoms with Crippen molar-refractivity contribution in [2.45, 2.75) is 6.54 Å². The van der Waals surface area contributed by atoms with E-state index in [0.717, 1.165) is 16.3 Å². The van der Waals surface area contributed by atoms with E-state index in [2.05, 4.69) is 10.3 Å². The third-order valence-corrected chi connectivity index (χ3v) is 7.23. The summed E-state index contributed by atoms with van der Waals surface area (Å²) in [6.45, 7) is 1.87. The zero-order valence-corrected chi connectivity index (χ0v) is 20.8. The first-order valence-corrected chi connectivity index (χ1v) is 12.7. The van der Waals surface area contributed by atoms with Crippen molar-refractivity contribution in [3.05, 3.63) is 100 Å². The van der Waals surface area contributed by atoms with E-state index in [9.17, 15) is 9.59 Å². The van der Waals surface area contributed by atoms with Crippen LogP contribution in [0.1, 0.15) is 15.9 Å². The first kappa shape index (κ1) is 23.4. The maximum atomic E-state index is 15.7. The highest BCUT2D eigenvalue weighted by Gasteiger charge is 2.31. The van der Waals surface area contributed by atoms with Gasteiger partial charge in [0, 0.05) is 43.6 Å². The molecule has 0 spiro atoms. The molecule has 9 heteroatoms. The van der Waals surface area contributed by atoms with Crippen molar-refractivity contribution < 1.29 is 18.7 Å². The molecule has 1 N–H and O–H groups in total. The average Bonchev–Trinajstić information content (AvgIpc) is 2.98. The normalized spacial score (nSPS) is 14.2. The molecular formula is C30H23FN4O4. The molecular weight excluding hydrogens is 499 g/mol. The molecule has 0 bridgehead atoms. The number of pyridine rings is 2. The van der Waals surface area contributed by atoms with Gasteiger partial charge in [-0.1, -0.05) is 36.4 Å². The molecule has 2 aliphatic heterocycles. The van der Waals surface area contributed by atoms with E-state index in [1.807, 2.05) is 42.5 Å². The Bertz CT molecular complexity index is 1830. The van der Waals surface area contributed by atoms with E-state index >= 15 is 4.39 Å². The number of nitrogens with one attached hydrogen (secondary N) is 1. The SMILES string of the molecule is O=C(c1cn2c3c(c(NCc4cccnc4)c(F)cc3c1=O)Oc1ccc3ccccc3c1-2)N1CCOCC1. The maximum absolute atomic E-state index is 15.7. The Morgan fingerprint density at radius 3 is 2.72 bits per heavy atom. The molecule has 0 atom stereocenters. The number of ether oxygens (including phenoxy) is 2. The van der Waals surface area contributed by atoms with Crippen LogP contribution in [0.4, 0.5) is 10.1 Å². The topological polar surface area (TPSA) is 85.7 Å². The molecule has 1 amide bonds. The Balaban J connectivity index is 1.48. The summed E-state index contributed by atoms with van der Waals surface area (Å²) < 4.78 is 29.2. The molecule has 5 aromatic rings. The molecule has 2 aromatic heterocycles. The van der Waals surface area contributed by atoms with Crippen LogP contribution in [0.2, 0.25) is 0 Å².